The Labute approximate surface area is 187 Å². The third-order valence-corrected chi connectivity index (χ3v) is 4.70. The van der Waals surface area contributed by atoms with Gasteiger partial charge in [-0.3, -0.25) is 0 Å². The van der Waals surface area contributed by atoms with E-state index in [1.165, 1.54) is 33.4 Å². The lowest BCUT2D eigenvalue weighted by molar-refractivity contribution is 1.11. The van der Waals surface area contributed by atoms with Crippen LogP contribution in [0.25, 0.3) is 0 Å². The minimum absolute atomic E-state index is 1.01. The summed E-state index contributed by atoms with van der Waals surface area (Å²) in [5.74, 6) is 0. The van der Waals surface area contributed by atoms with Crippen LogP contribution in [-0.2, 0) is 25.7 Å². The molecule has 0 nitrogen and oxygen atoms in total. The molecule has 0 saturated heterocycles. The first-order valence-corrected chi connectivity index (χ1v) is 12.0. The van der Waals surface area contributed by atoms with Crippen molar-refractivity contribution in [2.45, 2.75) is 81.1 Å². The quantitative estimate of drug-likeness (QED) is 0.384. The van der Waals surface area contributed by atoms with E-state index in [1.54, 1.807) is 0 Å². The summed E-state index contributed by atoms with van der Waals surface area (Å²) in [5, 5.41) is 0. The Hall–Kier alpha value is -2.34. The first-order chi connectivity index (χ1) is 14.8. The second-order valence-corrected chi connectivity index (χ2v) is 6.51. The Morgan fingerprint density at radius 3 is 0.667 bits per heavy atom. The molecule has 0 aromatic heterocycles. The van der Waals surface area contributed by atoms with Gasteiger partial charge in [0.05, 0.1) is 0 Å². The van der Waals surface area contributed by atoms with Crippen molar-refractivity contribution in [2.24, 2.45) is 0 Å². The topological polar surface area (TPSA) is 0 Å². The van der Waals surface area contributed by atoms with Gasteiger partial charge in [0, 0.05) is 0 Å². The predicted octanol–water partition coefficient (Wildman–Crippen LogP) is 9.07. The second kappa shape index (κ2) is 17.5. The molecule has 0 aliphatic rings. The second-order valence-electron chi connectivity index (χ2n) is 6.51. The fourth-order valence-corrected chi connectivity index (χ4v) is 3.03. The Morgan fingerprint density at radius 2 is 0.500 bits per heavy atom. The molecule has 0 heterocycles. The third-order valence-electron chi connectivity index (χ3n) is 4.70. The Morgan fingerprint density at radius 1 is 0.333 bits per heavy atom. The first kappa shape index (κ1) is 27.7. The predicted molar refractivity (Wildman–Crippen MR) is 138 cm³/mol. The maximum absolute atomic E-state index is 2.27. The van der Waals surface area contributed by atoms with Gasteiger partial charge in [0.2, 0.25) is 0 Å². The molecule has 3 aromatic rings. The van der Waals surface area contributed by atoms with E-state index < -0.39 is 0 Å². The summed E-state index contributed by atoms with van der Waals surface area (Å²) in [4.78, 5) is 0. The SMILES string of the molecule is CC.CC.CC.CCc1ccc(Cc2ccc(Cc3ccc(CC)cc3)cc2)cc1. The molecule has 0 heteroatoms. The molecule has 3 rings (SSSR count). The van der Waals surface area contributed by atoms with Gasteiger partial charge >= 0.3 is 0 Å². The van der Waals surface area contributed by atoms with Crippen LogP contribution in [0.1, 0.15) is 88.8 Å². The van der Waals surface area contributed by atoms with Crippen LogP contribution in [-0.4, -0.2) is 0 Å². The van der Waals surface area contributed by atoms with Crippen molar-refractivity contribution in [1.82, 2.24) is 0 Å². The molecule has 0 N–H and O–H groups in total. The van der Waals surface area contributed by atoms with Crippen LogP contribution < -0.4 is 0 Å². The van der Waals surface area contributed by atoms with Crippen LogP contribution in [0.4, 0.5) is 0 Å². The molecule has 0 amide bonds. The number of hydrogen-bond donors (Lipinski definition) is 0. The van der Waals surface area contributed by atoms with Crippen molar-refractivity contribution in [1.29, 1.82) is 0 Å². The van der Waals surface area contributed by atoms with E-state index in [0.717, 1.165) is 25.7 Å². The van der Waals surface area contributed by atoms with E-state index in [4.69, 9.17) is 0 Å². The summed E-state index contributed by atoms with van der Waals surface area (Å²) in [7, 11) is 0. The van der Waals surface area contributed by atoms with Gasteiger partial charge in [0.25, 0.3) is 0 Å². The smallest absolute Gasteiger partial charge is 0.00258 e. The van der Waals surface area contributed by atoms with Gasteiger partial charge in [-0.15, -0.1) is 0 Å². The largest absolute Gasteiger partial charge is 0.0683 e. The highest BCUT2D eigenvalue weighted by Crippen LogP contribution is 2.15. The molecule has 0 unspecified atom stereocenters. The van der Waals surface area contributed by atoms with Crippen LogP contribution in [0.2, 0.25) is 0 Å². The highest BCUT2D eigenvalue weighted by atomic mass is 14.1. The minimum Gasteiger partial charge on any atom is -0.0683 e. The zero-order valence-corrected chi connectivity index (χ0v) is 20.8. The van der Waals surface area contributed by atoms with E-state index in [-0.39, 0.29) is 0 Å². The van der Waals surface area contributed by atoms with Crippen LogP contribution in [0.15, 0.2) is 72.8 Å². The van der Waals surface area contributed by atoms with Crippen LogP contribution in [0.5, 0.6) is 0 Å². The normalized spacial score (nSPS) is 9.20. The van der Waals surface area contributed by atoms with E-state index in [0.29, 0.717) is 0 Å². The van der Waals surface area contributed by atoms with Crippen molar-refractivity contribution in [3.8, 4) is 0 Å². The highest BCUT2D eigenvalue weighted by Gasteiger charge is 2.00. The van der Waals surface area contributed by atoms with Gasteiger partial charge in [0.15, 0.2) is 0 Å². The summed E-state index contributed by atoms with van der Waals surface area (Å²) in [6.45, 7) is 16.4. The van der Waals surface area contributed by atoms with Crippen molar-refractivity contribution in [3.63, 3.8) is 0 Å². The zero-order chi connectivity index (χ0) is 22.8. The lowest BCUT2D eigenvalue weighted by atomic mass is 9.99. The molecule has 0 bridgehead atoms. The van der Waals surface area contributed by atoms with Crippen molar-refractivity contribution in [3.05, 3.63) is 106 Å². The Balaban J connectivity index is 0.00000129. The first-order valence-electron chi connectivity index (χ1n) is 12.0. The summed E-state index contributed by atoms with van der Waals surface area (Å²) >= 11 is 0. The molecule has 0 saturated carbocycles. The van der Waals surface area contributed by atoms with Crippen molar-refractivity contribution >= 4 is 0 Å². The van der Waals surface area contributed by atoms with Gasteiger partial charge in [-0.1, -0.05) is 128 Å². The van der Waals surface area contributed by atoms with Gasteiger partial charge in [-0.05, 0) is 59.1 Å². The fraction of sp³-hybridized carbons (Fsp3) is 0.400. The van der Waals surface area contributed by atoms with Crippen LogP contribution in [0, 0.1) is 0 Å². The molecule has 0 atom stereocenters. The zero-order valence-electron chi connectivity index (χ0n) is 20.8. The Bertz CT molecular complexity index is 678. The fourth-order valence-electron chi connectivity index (χ4n) is 3.03. The van der Waals surface area contributed by atoms with Gasteiger partial charge in [-0.25, -0.2) is 0 Å². The monoisotopic (exact) mass is 404 g/mol. The highest BCUT2D eigenvalue weighted by molar-refractivity contribution is 5.33. The van der Waals surface area contributed by atoms with E-state index in [9.17, 15) is 0 Å². The number of hydrogen-bond acceptors (Lipinski definition) is 0. The summed E-state index contributed by atoms with van der Waals surface area (Å²) < 4.78 is 0. The molecule has 0 radical (unpaired) electrons. The summed E-state index contributed by atoms with van der Waals surface area (Å²) in [6.07, 6.45) is 4.23. The third kappa shape index (κ3) is 9.92. The van der Waals surface area contributed by atoms with E-state index >= 15 is 0 Å². The molecular weight excluding hydrogens is 360 g/mol. The number of rotatable bonds is 6. The maximum Gasteiger partial charge on any atom is -0.00258 e. The average Bonchev–Trinajstić information content (AvgIpc) is 2.85. The van der Waals surface area contributed by atoms with Crippen LogP contribution >= 0.6 is 0 Å². The molecule has 0 spiro atoms. The summed E-state index contributed by atoms with van der Waals surface area (Å²) in [5.41, 5.74) is 8.34. The van der Waals surface area contributed by atoms with E-state index in [2.05, 4.69) is 86.6 Å². The van der Waals surface area contributed by atoms with Gasteiger partial charge in [0.1, 0.15) is 0 Å². The molecule has 0 fully saturated rings. The molecule has 164 valence electrons. The average molecular weight is 405 g/mol. The lowest BCUT2D eigenvalue weighted by Gasteiger charge is -2.07. The molecule has 0 aliphatic heterocycles. The molecular formula is C30H44. The summed E-state index contributed by atoms with van der Waals surface area (Å²) in [6, 6.07) is 27.0. The van der Waals surface area contributed by atoms with Crippen molar-refractivity contribution < 1.29 is 0 Å². The maximum atomic E-state index is 2.27. The molecule has 30 heavy (non-hydrogen) atoms. The molecule has 0 aliphatic carbocycles. The van der Waals surface area contributed by atoms with Crippen LogP contribution in [0.3, 0.4) is 0 Å². The molecule has 3 aromatic carbocycles. The minimum atomic E-state index is 1.01. The van der Waals surface area contributed by atoms with E-state index in [1.807, 2.05) is 41.5 Å². The Kier molecular flexibility index (Phi) is 16.1. The van der Waals surface area contributed by atoms with Crippen molar-refractivity contribution in [2.75, 3.05) is 0 Å². The standard InChI is InChI=1S/C24H26.3C2H6/c1-3-19-5-9-21(10-6-19)17-23-13-15-24(16-14-23)18-22-11-7-20(4-2)8-12-22;3*1-2/h5-16H,3-4,17-18H2,1-2H3;3*1-2H3. The number of benzene rings is 3. The lowest BCUT2D eigenvalue weighted by Crippen LogP contribution is -1.92. The van der Waals surface area contributed by atoms with Gasteiger partial charge < -0.3 is 0 Å². The number of aryl methyl sites for hydroxylation is 2. The van der Waals surface area contributed by atoms with Gasteiger partial charge in [-0.2, -0.15) is 0 Å².